The highest BCUT2D eigenvalue weighted by molar-refractivity contribution is 5.91. The molecule has 2 heterocycles. The summed E-state index contributed by atoms with van der Waals surface area (Å²) in [5.74, 6) is 0.789. The fourth-order valence-corrected chi connectivity index (χ4v) is 4.55. The normalized spacial score (nSPS) is 14.8. The van der Waals surface area contributed by atoms with Crippen LogP contribution in [0.4, 0.5) is 10.5 Å². The van der Waals surface area contributed by atoms with Crippen LogP contribution in [0.15, 0.2) is 85.1 Å². The highest BCUT2D eigenvalue weighted by Gasteiger charge is 2.33. The minimum Gasteiger partial charge on any atom is -0.497 e. The van der Waals surface area contributed by atoms with Crippen LogP contribution in [0.3, 0.4) is 0 Å². The van der Waals surface area contributed by atoms with Crippen LogP contribution in [-0.4, -0.2) is 22.6 Å². The predicted octanol–water partition coefficient (Wildman–Crippen LogP) is 6.24. The van der Waals surface area contributed by atoms with Crippen LogP contribution in [0.25, 0.3) is 5.69 Å². The van der Waals surface area contributed by atoms with Crippen molar-refractivity contribution in [2.45, 2.75) is 26.4 Å². The van der Waals surface area contributed by atoms with Crippen LogP contribution in [0, 0.1) is 13.8 Å². The molecule has 1 aliphatic rings. The SMILES string of the molecule is COc1ccc(C2c3cccn3-c3ccccc3CN2C(=O)Nc2cccc(C)c2C)cc1. The first-order chi connectivity index (χ1) is 16.1. The van der Waals surface area contributed by atoms with Gasteiger partial charge in [-0.15, -0.1) is 0 Å². The number of carbonyl (C=O) groups excluding carboxylic acids is 1. The molecule has 5 heteroatoms. The van der Waals surface area contributed by atoms with Gasteiger partial charge in [-0.05, 0) is 72.5 Å². The van der Waals surface area contributed by atoms with E-state index < -0.39 is 0 Å². The molecule has 5 rings (SSSR count). The van der Waals surface area contributed by atoms with Crippen molar-refractivity contribution in [1.82, 2.24) is 9.47 Å². The number of aromatic nitrogens is 1. The van der Waals surface area contributed by atoms with E-state index in [1.807, 2.05) is 66.4 Å². The molecule has 1 atom stereocenters. The summed E-state index contributed by atoms with van der Waals surface area (Å²) in [6, 6.07) is 25.9. The maximum absolute atomic E-state index is 13.8. The van der Waals surface area contributed by atoms with E-state index in [0.717, 1.165) is 45.1 Å². The number of hydrogen-bond donors (Lipinski definition) is 1. The fourth-order valence-electron chi connectivity index (χ4n) is 4.55. The van der Waals surface area contributed by atoms with E-state index >= 15 is 0 Å². The molecular weight excluding hydrogens is 410 g/mol. The van der Waals surface area contributed by atoms with Crippen molar-refractivity contribution in [2.75, 3.05) is 12.4 Å². The topological polar surface area (TPSA) is 46.5 Å². The lowest BCUT2D eigenvalue weighted by Gasteiger charge is -2.31. The highest BCUT2D eigenvalue weighted by atomic mass is 16.5. The third-order valence-corrected chi connectivity index (χ3v) is 6.50. The summed E-state index contributed by atoms with van der Waals surface area (Å²) < 4.78 is 7.56. The molecule has 1 aliphatic heterocycles. The van der Waals surface area contributed by atoms with E-state index in [0.29, 0.717) is 6.54 Å². The number of nitrogens with zero attached hydrogens (tertiary/aromatic N) is 2. The largest absolute Gasteiger partial charge is 0.497 e. The Balaban J connectivity index is 1.63. The summed E-state index contributed by atoms with van der Waals surface area (Å²) in [5, 5.41) is 3.18. The molecule has 0 aliphatic carbocycles. The van der Waals surface area contributed by atoms with E-state index in [-0.39, 0.29) is 12.1 Å². The van der Waals surface area contributed by atoms with Gasteiger partial charge in [0.15, 0.2) is 0 Å². The second-order valence-corrected chi connectivity index (χ2v) is 8.41. The van der Waals surface area contributed by atoms with Gasteiger partial charge < -0.3 is 19.5 Å². The maximum atomic E-state index is 13.8. The van der Waals surface area contributed by atoms with Gasteiger partial charge in [-0.1, -0.05) is 42.5 Å². The monoisotopic (exact) mass is 437 g/mol. The number of anilines is 1. The minimum atomic E-state index is -0.261. The highest BCUT2D eigenvalue weighted by Crippen LogP contribution is 2.37. The average Bonchev–Trinajstić information content (AvgIpc) is 3.26. The lowest BCUT2D eigenvalue weighted by molar-refractivity contribution is 0.194. The number of methoxy groups -OCH3 is 1. The predicted molar refractivity (Wildman–Crippen MR) is 131 cm³/mol. The van der Waals surface area contributed by atoms with E-state index in [4.69, 9.17) is 4.74 Å². The minimum absolute atomic E-state index is 0.131. The molecule has 0 saturated heterocycles. The van der Waals surface area contributed by atoms with Crippen molar-refractivity contribution in [1.29, 1.82) is 0 Å². The maximum Gasteiger partial charge on any atom is 0.322 e. The molecule has 1 aromatic heterocycles. The van der Waals surface area contributed by atoms with Gasteiger partial charge in [-0.25, -0.2) is 4.79 Å². The summed E-state index contributed by atoms with van der Waals surface area (Å²) in [5.41, 5.74) is 7.32. The number of amides is 2. The Morgan fingerprint density at radius 2 is 1.73 bits per heavy atom. The Morgan fingerprint density at radius 1 is 0.939 bits per heavy atom. The van der Waals surface area contributed by atoms with Crippen molar-refractivity contribution in [3.05, 3.63) is 113 Å². The Labute approximate surface area is 194 Å². The number of rotatable bonds is 3. The van der Waals surface area contributed by atoms with Crippen LogP contribution in [-0.2, 0) is 6.54 Å². The second-order valence-electron chi connectivity index (χ2n) is 8.41. The number of carbonyl (C=O) groups is 1. The van der Waals surface area contributed by atoms with Crippen molar-refractivity contribution in [2.24, 2.45) is 0 Å². The Hall–Kier alpha value is -3.99. The Morgan fingerprint density at radius 3 is 2.52 bits per heavy atom. The van der Waals surface area contributed by atoms with Crippen LogP contribution in [0.2, 0.25) is 0 Å². The molecule has 2 amide bonds. The van der Waals surface area contributed by atoms with Crippen LogP contribution >= 0.6 is 0 Å². The lowest BCUT2D eigenvalue weighted by atomic mass is 10.0. The van der Waals surface area contributed by atoms with Gasteiger partial charge in [0.1, 0.15) is 5.75 Å². The first kappa shape index (κ1) is 20.9. The molecule has 1 unspecified atom stereocenters. The molecule has 33 heavy (non-hydrogen) atoms. The van der Waals surface area contributed by atoms with Gasteiger partial charge in [0.2, 0.25) is 0 Å². The van der Waals surface area contributed by atoms with Crippen LogP contribution in [0.1, 0.15) is 34.0 Å². The molecule has 166 valence electrons. The van der Waals surface area contributed by atoms with Crippen molar-refractivity contribution < 1.29 is 9.53 Å². The summed E-state index contributed by atoms with van der Waals surface area (Å²) in [7, 11) is 1.66. The fraction of sp³-hybridized carbons (Fsp3) is 0.179. The van der Waals surface area contributed by atoms with Crippen LogP contribution in [0.5, 0.6) is 5.75 Å². The third kappa shape index (κ3) is 3.76. The number of hydrogen-bond acceptors (Lipinski definition) is 2. The van der Waals surface area contributed by atoms with Crippen LogP contribution < -0.4 is 10.1 Å². The average molecular weight is 438 g/mol. The summed E-state index contributed by atoms with van der Waals surface area (Å²) in [6.45, 7) is 4.58. The zero-order valence-corrected chi connectivity index (χ0v) is 19.1. The number of fused-ring (bicyclic) bond motifs is 3. The van der Waals surface area contributed by atoms with Crippen molar-refractivity contribution in [3.63, 3.8) is 0 Å². The van der Waals surface area contributed by atoms with Gasteiger partial charge in [-0.3, -0.25) is 0 Å². The molecule has 5 nitrogen and oxygen atoms in total. The number of aryl methyl sites for hydroxylation is 1. The molecule has 4 aromatic rings. The zero-order valence-electron chi connectivity index (χ0n) is 19.1. The molecule has 3 aromatic carbocycles. The molecular formula is C28H27N3O2. The zero-order chi connectivity index (χ0) is 22.9. The quantitative estimate of drug-likeness (QED) is 0.412. The number of nitrogens with one attached hydrogen (secondary N) is 1. The number of para-hydroxylation sites is 1. The number of ether oxygens (including phenoxy) is 1. The second kappa shape index (κ2) is 8.51. The van der Waals surface area contributed by atoms with E-state index in [2.05, 4.69) is 47.3 Å². The summed E-state index contributed by atoms with van der Waals surface area (Å²) in [4.78, 5) is 15.7. The van der Waals surface area contributed by atoms with Gasteiger partial charge >= 0.3 is 6.03 Å². The van der Waals surface area contributed by atoms with Crippen molar-refractivity contribution >= 4 is 11.7 Å². The van der Waals surface area contributed by atoms with E-state index in [1.54, 1.807) is 7.11 Å². The van der Waals surface area contributed by atoms with Gasteiger partial charge in [0, 0.05) is 17.6 Å². The number of benzene rings is 3. The molecule has 0 bridgehead atoms. The Kier molecular flexibility index (Phi) is 5.38. The summed E-state index contributed by atoms with van der Waals surface area (Å²) in [6.07, 6.45) is 2.07. The van der Waals surface area contributed by atoms with Gasteiger partial charge in [-0.2, -0.15) is 0 Å². The lowest BCUT2D eigenvalue weighted by Crippen LogP contribution is -2.38. The van der Waals surface area contributed by atoms with Gasteiger partial charge in [0.05, 0.1) is 25.4 Å². The Bertz CT molecular complexity index is 1310. The first-order valence-corrected chi connectivity index (χ1v) is 11.1. The first-order valence-electron chi connectivity index (χ1n) is 11.1. The molecule has 0 spiro atoms. The smallest absolute Gasteiger partial charge is 0.322 e. The summed E-state index contributed by atoms with van der Waals surface area (Å²) >= 11 is 0. The molecule has 0 saturated carbocycles. The van der Waals surface area contributed by atoms with Gasteiger partial charge in [0.25, 0.3) is 0 Å². The van der Waals surface area contributed by atoms with E-state index in [9.17, 15) is 4.79 Å². The number of urea groups is 1. The molecule has 0 radical (unpaired) electrons. The standard InChI is InChI=1S/C28H27N3O2/c1-19-8-6-10-24(20(19)2)29-28(32)31-18-22-9-4-5-11-25(22)30-17-7-12-26(30)27(31)21-13-15-23(33-3)16-14-21/h4-17,27H,18H2,1-3H3,(H,29,32). The molecule has 1 N–H and O–H groups in total. The van der Waals surface area contributed by atoms with Crippen molar-refractivity contribution in [3.8, 4) is 11.4 Å². The van der Waals surface area contributed by atoms with E-state index in [1.165, 1.54) is 0 Å². The molecule has 0 fully saturated rings. The third-order valence-electron chi connectivity index (χ3n) is 6.50.